The number of thioether (sulfide) groups is 1. The highest BCUT2D eigenvalue weighted by molar-refractivity contribution is 7.99. The molecule has 4 heterocycles. The Morgan fingerprint density at radius 2 is 2.03 bits per heavy atom. The van der Waals surface area contributed by atoms with Crippen LogP contribution < -0.4 is 20.1 Å². The van der Waals surface area contributed by atoms with E-state index in [1.165, 1.54) is 23.1 Å². The van der Waals surface area contributed by atoms with E-state index in [-0.39, 0.29) is 17.2 Å². The molecular weight excluding hydrogens is 470 g/mol. The Morgan fingerprint density at radius 3 is 2.79 bits per heavy atom. The Morgan fingerprint density at radius 1 is 1.24 bits per heavy atom. The predicted octanol–water partition coefficient (Wildman–Crippen LogP) is 3.94. The van der Waals surface area contributed by atoms with Crippen molar-refractivity contribution in [2.24, 2.45) is 5.92 Å². The number of aryl methyl sites for hydroxylation is 1. The van der Waals surface area contributed by atoms with E-state index >= 15 is 0 Å². The lowest BCUT2D eigenvalue weighted by molar-refractivity contribution is -0.116. The fourth-order valence-electron chi connectivity index (χ4n) is 4.39. The summed E-state index contributed by atoms with van der Waals surface area (Å²) in [5, 5.41) is 1.41. The van der Waals surface area contributed by atoms with Gasteiger partial charge in [0, 0.05) is 19.6 Å². The zero-order chi connectivity index (χ0) is 23.8. The van der Waals surface area contributed by atoms with Crippen LogP contribution in [0, 0.1) is 12.8 Å². The molecule has 0 bridgehead atoms. The van der Waals surface area contributed by atoms with E-state index in [9.17, 15) is 9.59 Å². The number of anilines is 2. The van der Waals surface area contributed by atoms with Gasteiger partial charge in [0.2, 0.25) is 5.91 Å². The second-order valence-electron chi connectivity index (χ2n) is 8.92. The minimum atomic E-state index is -0.0797. The van der Waals surface area contributed by atoms with Crippen LogP contribution in [0.1, 0.15) is 32.3 Å². The molecule has 5 rings (SSSR count). The average molecular weight is 500 g/mol. The van der Waals surface area contributed by atoms with Gasteiger partial charge in [0.1, 0.15) is 17.1 Å². The Bertz CT molecular complexity index is 1280. The van der Waals surface area contributed by atoms with E-state index in [1.54, 1.807) is 9.47 Å². The molecule has 0 N–H and O–H groups in total. The summed E-state index contributed by atoms with van der Waals surface area (Å²) >= 11 is 2.73. The van der Waals surface area contributed by atoms with Crippen LogP contribution in [0.3, 0.4) is 0 Å². The summed E-state index contributed by atoms with van der Waals surface area (Å²) in [6.45, 7) is 9.58. The number of hydrogen-bond donors (Lipinski definition) is 0. The Labute approximate surface area is 206 Å². The van der Waals surface area contributed by atoms with E-state index < -0.39 is 0 Å². The minimum absolute atomic E-state index is 0.0291. The third-order valence-corrected chi connectivity index (χ3v) is 8.50. The second-order valence-corrected chi connectivity index (χ2v) is 10.8. The van der Waals surface area contributed by atoms with Gasteiger partial charge < -0.3 is 14.5 Å². The highest BCUT2D eigenvalue weighted by Crippen LogP contribution is 2.34. The first-order valence-corrected chi connectivity index (χ1v) is 13.6. The van der Waals surface area contributed by atoms with Gasteiger partial charge in [0.25, 0.3) is 5.56 Å². The number of benzene rings is 1. The first-order valence-electron chi connectivity index (χ1n) is 11.8. The number of fused-ring (bicyclic) bond motifs is 2. The van der Waals surface area contributed by atoms with E-state index in [0.717, 1.165) is 54.0 Å². The van der Waals surface area contributed by atoms with Gasteiger partial charge in [-0.05, 0) is 50.3 Å². The van der Waals surface area contributed by atoms with Crippen molar-refractivity contribution in [1.29, 1.82) is 0 Å². The third kappa shape index (κ3) is 4.40. The molecule has 1 aromatic carbocycles. The van der Waals surface area contributed by atoms with E-state index in [4.69, 9.17) is 14.7 Å². The van der Waals surface area contributed by atoms with Crippen molar-refractivity contribution >= 4 is 50.2 Å². The fraction of sp³-hybridized carbons (Fsp3) is 0.500. The molecule has 0 radical (unpaired) electrons. The van der Waals surface area contributed by atoms with Gasteiger partial charge in [-0.25, -0.2) is 4.98 Å². The number of ether oxygens (including phenoxy) is 1. The smallest absolute Gasteiger partial charge is 0.273 e. The SMILES string of the molecule is CCn1c(SCC(=O)N2CCOc3ccc(C)cc32)nc2nc(N3CCC(C)CC3)sc2c1=O. The van der Waals surface area contributed by atoms with Crippen LogP contribution in [-0.2, 0) is 11.3 Å². The topological polar surface area (TPSA) is 80.6 Å². The number of rotatable bonds is 5. The van der Waals surface area contributed by atoms with Crippen molar-refractivity contribution in [2.75, 3.05) is 41.8 Å². The maximum Gasteiger partial charge on any atom is 0.273 e. The summed E-state index contributed by atoms with van der Waals surface area (Å²) < 4.78 is 7.95. The number of nitrogens with zero attached hydrogens (tertiary/aromatic N) is 5. The molecule has 2 aliphatic heterocycles. The van der Waals surface area contributed by atoms with Crippen LogP contribution in [-0.4, -0.2) is 52.4 Å². The summed E-state index contributed by atoms with van der Waals surface area (Å²) in [7, 11) is 0. The number of amides is 1. The normalized spacial score (nSPS) is 16.6. The van der Waals surface area contributed by atoms with Gasteiger partial charge >= 0.3 is 0 Å². The van der Waals surface area contributed by atoms with Crippen LogP contribution in [0.15, 0.2) is 28.2 Å². The molecule has 0 spiro atoms. The number of hydrogen-bond acceptors (Lipinski definition) is 8. The van der Waals surface area contributed by atoms with Crippen LogP contribution in [0.4, 0.5) is 10.8 Å². The van der Waals surface area contributed by atoms with Crippen molar-refractivity contribution < 1.29 is 9.53 Å². The van der Waals surface area contributed by atoms with E-state index in [2.05, 4.69) is 11.8 Å². The summed E-state index contributed by atoms with van der Waals surface area (Å²) in [5.41, 5.74) is 2.27. The lowest BCUT2D eigenvalue weighted by atomic mass is 10.00. The molecule has 2 aliphatic rings. The van der Waals surface area contributed by atoms with Crippen LogP contribution >= 0.6 is 23.1 Å². The molecule has 1 saturated heterocycles. The number of thiazole rings is 1. The van der Waals surface area contributed by atoms with Gasteiger partial charge in [0.15, 0.2) is 15.9 Å². The quantitative estimate of drug-likeness (QED) is 0.389. The predicted molar refractivity (Wildman–Crippen MR) is 138 cm³/mol. The largest absolute Gasteiger partial charge is 0.490 e. The first kappa shape index (κ1) is 23.2. The zero-order valence-corrected chi connectivity index (χ0v) is 21.4. The Balaban J connectivity index is 1.38. The average Bonchev–Trinajstić information content (AvgIpc) is 3.27. The number of carbonyl (C=O) groups is 1. The van der Waals surface area contributed by atoms with Gasteiger partial charge in [-0.1, -0.05) is 36.1 Å². The van der Waals surface area contributed by atoms with Crippen LogP contribution in [0.25, 0.3) is 10.3 Å². The molecule has 1 fully saturated rings. The Hall–Kier alpha value is -2.59. The van der Waals surface area contributed by atoms with E-state index in [0.29, 0.717) is 35.2 Å². The second kappa shape index (κ2) is 9.58. The molecule has 180 valence electrons. The van der Waals surface area contributed by atoms with Crippen LogP contribution in [0.5, 0.6) is 5.75 Å². The summed E-state index contributed by atoms with van der Waals surface area (Å²) in [6.07, 6.45) is 2.27. The lowest BCUT2D eigenvalue weighted by Gasteiger charge is -2.29. The van der Waals surface area contributed by atoms with Crippen molar-refractivity contribution in [3.63, 3.8) is 0 Å². The molecule has 1 amide bonds. The van der Waals surface area contributed by atoms with E-state index in [1.807, 2.05) is 32.0 Å². The maximum atomic E-state index is 13.2. The minimum Gasteiger partial charge on any atom is -0.490 e. The molecular formula is C24H29N5O3S2. The van der Waals surface area contributed by atoms with Crippen molar-refractivity contribution in [2.45, 2.75) is 45.3 Å². The van der Waals surface area contributed by atoms with Crippen molar-refractivity contribution in [1.82, 2.24) is 14.5 Å². The molecule has 0 saturated carbocycles. The van der Waals surface area contributed by atoms with Gasteiger partial charge in [-0.3, -0.25) is 14.2 Å². The molecule has 2 aromatic heterocycles. The molecule has 0 atom stereocenters. The molecule has 0 aliphatic carbocycles. The third-order valence-electron chi connectivity index (χ3n) is 6.44. The fourth-order valence-corrected chi connectivity index (χ4v) is 6.33. The van der Waals surface area contributed by atoms with Crippen molar-refractivity contribution in [3.05, 3.63) is 34.1 Å². The monoisotopic (exact) mass is 499 g/mol. The lowest BCUT2D eigenvalue weighted by Crippen LogP contribution is -2.39. The number of piperidine rings is 1. The zero-order valence-electron chi connectivity index (χ0n) is 19.7. The molecule has 8 nitrogen and oxygen atoms in total. The van der Waals surface area contributed by atoms with Crippen molar-refractivity contribution in [3.8, 4) is 5.75 Å². The highest BCUT2D eigenvalue weighted by atomic mass is 32.2. The summed E-state index contributed by atoms with van der Waals surface area (Å²) in [6, 6.07) is 5.86. The number of aromatic nitrogens is 3. The molecule has 10 heteroatoms. The van der Waals surface area contributed by atoms with Crippen LogP contribution in [0.2, 0.25) is 0 Å². The highest BCUT2D eigenvalue weighted by Gasteiger charge is 2.25. The molecule has 34 heavy (non-hydrogen) atoms. The Kier molecular flexibility index (Phi) is 6.52. The first-order chi connectivity index (χ1) is 16.4. The summed E-state index contributed by atoms with van der Waals surface area (Å²) in [5.74, 6) is 1.61. The molecule has 0 unspecified atom stereocenters. The summed E-state index contributed by atoms with van der Waals surface area (Å²) in [4.78, 5) is 39.8. The number of carbonyl (C=O) groups excluding carboxylic acids is 1. The molecule has 3 aromatic rings. The van der Waals surface area contributed by atoms with Gasteiger partial charge in [0.05, 0.1) is 18.0 Å². The maximum absolute atomic E-state index is 13.2. The standard InChI is InChI=1S/C24H29N5O3S2/c1-4-28-22(31)20-21(25-23(34-20)27-9-7-15(2)8-10-27)26-24(28)33-14-19(30)29-11-12-32-18-6-5-16(3)13-17(18)29/h5-6,13,15H,4,7-12,14H2,1-3H3. The van der Waals surface area contributed by atoms with Gasteiger partial charge in [-0.15, -0.1) is 0 Å². The van der Waals surface area contributed by atoms with Gasteiger partial charge in [-0.2, -0.15) is 4.98 Å².